The third-order valence-electron chi connectivity index (χ3n) is 4.49. The van der Waals surface area contributed by atoms with E-state index in [-0.39, 0.29) is 29.5 Å². The number of piperazine rings is 1. The van der Waals surface area contributed by atoms with E-state index in [0.717, 1.165) is 25.2 Å². The summed E-state index contributed by atoms with van der Waals surface area (Å²) in [5.41, 5.74) is 0.564. The van der Waals surface area contributed by atoms with Crippen LogP contribution in [0.2, 0.25) is 0 Å². The molecule has 0 spiro atoms. The first kappa shape index (κ1) is 20.0. The first-order chi connectivity index (χ1) is 12.4. The van der Waals surface area contributed by atoms with Crippen LogP contribution in [0.4, 0.5) is 0 Å². The Morgan fingerprint density at radius 2 is 1.92 bits per heavy atom. The zero-order valence-electron chi connectivity index (χ0n) is 15.8. The third kappa shape index (κ3) is 5.32. The fourth-order valence-electron chi connectivity index (χ4n) is 2.96. The summed E-state index contributed by atoms with van der Waals surface area (Å²) in [5.74, 6) is 0.206. The maximum atomic E-state index is 12.2. The molecule has 0 atom stereocenters. The topological polar surface area (TPSA) is 83.9 Å². The molecule has 0 aliphatic carbocycles. The number of nitrogens with zero attached hydrogens (tertiary/aromatic N) is 3. The number of pyridine rings is 1. The van der Waals surface area contributed by atoms with Gasteiger partial charge in [0, 0.05) is 58.0 Å². The summed E-state index contributed by atoms with van der Waals surface area (Å²) in [7, 11) is 1.44. The summed E-state index contributed by atoms with van der Waals surface area (Å²) in [4.78, 5) is 39.7. The predicted molar refractivity (Wildman–Crippen MR) is 98.1 cm³/mol. The van der Waals surface area contributed by atoms with Crippen LogP contribution in [-0.4, -0.2) is 66.0 Å². The van der Waals surface area contributed by atoms with E-state index >= 15 is 0 Å². The van der Waals surface area contributed by atoms with Gasteiger partial charge in [0.05, 0.1) is 13.3 Å². The molecule has 1 aliphatic rings. The lowest BCUT2D eigenvalue weighted by Gasteiger charge is -2.34. The van der Waals surface area contributed by atoms with Gasteiger partial charge in [0.2, 0.25) is 17.2 Å². The molecule has 0 unspecified atom stereocenters. The van der Waals surface area contributed by atoms with Crippen LogP contribution in [0.25, 0.3) is 0 Å². The second kappa shape index (κ2) is 9.38. The first-order valence-electron chi connectivity index (χ1n) is 8.96. The van der Waals surface area contributed by atoms with E-state index in [1.54, 1.807) is 17.7 Å². The number of ether oxygens (including phenoxy) is 1. The van der Waals surface area contributed by atoms with Gasteiger partial charge in [-0.2, -0.15) is 0 Å². The van der Waals surface area contributed by atoms with E-state index in [1.807, 2.05) is 11.8 Å². The van der Waals surface area contributed by atoms with Crippen LogP contribution < -0.4 is 15.5 Å². The van der Waals surface area contributed by atoms with Gasteiger partial charge >= 0.3 is 0 Å². The van der Waals surface area contributed by atoms with Crippen LogP contribution in [0.1, 0.15) is 26.0 Å². The molecule has 2 heterocycles. The number of hydrogen-bond donors (Lipinski definition) is 1. The molecule has 8 heteroatoms. The molecule has 144 valence electrons. The maximum absolute atomic E-state index is 12.2. The highest BCUT2D eigenvalue weighted by atomic mass is 16.5. The normalized spacial score (nSPS) is 15.0. The van der Waals surface area contributed by atoms with Crippen molar-refractivity contribution in [2.75, 3.05) is 39.8 Å². The number of aromatic nitrogens is 1. The van der Waals surface area contributed by atoms with Gasteiger partial charge in [0.1, 0.15) is 6.54 Å². The van der Waals surface area contributed by atoms with Crippen LogP contribution in [0, 0.1) is 0 Å². The summed E-state index contributed by atoms with van der Waals surface area (Å²) >= 11 is 0. The minimum atomic E-state index is -0.199. The molecule has 1 N–H and O–H groups in total. The number of carbonyl (C=O) groups is 2. The van der Waals surface area contributed by atoms with Crippen LogP contribution in [0.3, 0.4) is 0 Å². The fourth-order valence-corrected chi connectivity index (χ4v) is 2.96. The van der Waals surface area contributed by atoms with Crippen LogP contribution in [0.15, 0.2) is 17.1 Å². The number of nitrogens with one attached hydrogen (secondary N) is 1. The lowest BCUT2D eigenvalue weighted by molar-refractivity contribution is -0.130. The smallest absolute Gasteiger partial charge is 0.239 e. The highest BCUT2D eigenvalue weighted by molar-refractivity contribution is 5.75. The van der Waals surface area contributed by atoms with Gasteiger partial charge in [-0.05, 0) is 6.42 Å². The highest BCUT2D eigenvalue weighted by Crippen LogP contribution is 2.11. The van der Waals surface area contributed by atoms with Gasteiger partial charge in [-0.1, -0.05) is 6.92 Å². The first-order valence-corrected chi connectivity index (χ1v) is 8.96. The Morgan fingerprint density at radius 3 is 2.50 bits per heavy atom. The molecular weight excluding hydrogens is 336 g/mol. The van der Waals surface area contributed by atoms with Crippen molar-refractivity contribution in [3.8, 4) is 5.75 Å². The van der Waals surface area contributed by atoms with Crippen molar-refractivity contribution in [3.05, 3.63) is 28.2 Å². The monoisotopic (exact) mass is 364 g/mol. The van der Waals surface area contributed by atoms with Crippen molar-refractivity contribution in [1.82, 2.24) is 19.7 Å². The van der Waals surface area contributed by atoms with Gasteiger partial charge in [0.25, 0.3) is 0 Å². The van der Waals surface area contributed by atoms with E-state index in [0.29, 0.717) is 26.2 Å². The van der Waals surface area contributed by atoms with Crippen LogP contribution >= 0.6 is 0 Å². The molecule has 2 rings (SSSR count). The molecule has 1 fully saturated rings. The molecule has 0 aromatic carbocycles. The predicted octanol–water partition coefficient (Wildman–Crippen LogP) is 0.0472. The second-order valence-corrected chi connectivity index (χ2v) is 6.46. The molecule has 1 aliphatic heterocycles. The van der Waals surface area contributed by atoms with E-state index in [4.69, 9.17) is 4.74 Å². The molecule has 1 saturated heterocycles. The Balaban J connectivity index is 2.13. The molecule has 0 bridgehead atoms. The molecule has 2 amide bonds. The van der Waals surface area contributed by atoms with Crippen molar-refractivity contribution in [2.45, 2.75) is 33.4 Å². The van der Waals surface area contributed by atoms with Crippen molar-refractivity contribution >= 4 is 11.8 Å². The standard InChI is InChI=1S/C18H28N4O4/c1-4-5-19-18(25)13-22-12-17(26-3)16(24)10-15(22)11-20-6-8-21(9-7-20)14(2)23/h10,12H,4-9,11,13H2,1-3H3,(H,19,25). The van der Waals surface area contributed by atoms with Crippen molar-refractivity contribution in [1.29, 1.82) is 0 Å². The van der Waals surface area contributed by atoms with Gasteiger partial charge < -0.3 is 19.5 Å². The van der Waals surface area contributed by atoms with Crippen LogP contribution in [-0.2, 0) is 22.7 Å². The molecule has 0 radical (unpaired) electrons. The summed E-state index contributed by atoms with van der Waals surface area (Å²) in [6.07, 6.45) is 2.46. The van der Waals surface area contributed by atoms with Gasteiger partial charge in [-0.3, -0.25) is 19.3 Å². The largest absolute Gasteiger partial charge is 0.491 e. The van der Waals surface area contributed by atoms with E-state index in [1.165, 1.54) is 13.2 Å². The molecule has 8 nitrogen and oxygen atoms in total. The van der Waals surface area contributed by atoms with Crippen molar-refractivity contribution in [2.24, 2.45) is 0 Å². The maximum Gasteiger partial charge on any atom is 0.239 e. The fraction of sp³-hybridized carbons (Fsp3) is 0.611. The summed E-state index contributed by atoms with van der Waals surface area (Å²) < 4.78 is 6.88. The zero-order valence-corrected chi connectivity index (χ0v) is 15.8. The Morgan fingerprint density at radius 1 is 1.23 bits per heavy atom. The van der Waals surface area contributed by atoms with Crippen molar-refractivity contribution < 1.29 is 14.3 Å². The minimum Gasteiger partial charge on any atom is -0.491 e. The Kier molecular flexibility index (Phi) is 7.20. The van der Waals surface area contributed by atoms with E-state index in [2.05, 4.69) is 10.2 Å². The minimum absolute atomic E-state index is 0.0820. The number of amides is 2. The quantitative estimate of drug-likeness (QED) is 0.739. The average Bonchev–Trinajstić information content (AvgIpc) is 2.62. The van der Waals surface area contributed by atoms with Crippen LogP contribution in [0.5, 0.6) is 5.75 Å². The summed E-state index contributed by atoms with van der Waals surface area (Å²) in [6, 6.07) is 1.53. The van der Waals surface area contributed by atoms with Gasteiger partial charge in [-0.25, -0.2) is 0 Å². The third-order valence-corrected chi connectivity index (χ3v) is 4.49. The highest BCUT2D eigenvalue weighted by Gasteiger charge is 2.20. The molecule has 1 aromatic heterocycles. The molecule has 0 saturated carbocycles. The molecule has 1 aromatic rings. The summed E-state index contributed by atoms with van der Waals surface area (Å²) in [6.45, 7) is 7.70. The Labute approximate surface area is 153 Å². The lowest BCUT2D eigenvalue weighted by atomic mass is 10.2. The number of rotatable bonds is 7. The average molecular weight is 364 g/mol. The SMILES string of the molecule is CCCNC(=O)Cn1cc(OC)c(=O)cc1CN1CCN(C(C)=O)CC1. The Hall–Kier alpha value is -2.35. The number of hydrogen-bond acceptors (Lipinski definition) is 5. The number of methoxy groups -OCH3 is 1. The lowest BCUT2D eigenvalue weighted by Crippen LogP contribution is -2.47. The van der Waals surface area contributed by atoms with E-state index < -0.39 is 0 Å². The van der Waals surface area contributed by atoms with Crippen molar-refractivity contribution in [3.63, 3.8) is 0 Å². The van der Waals surface area contributed by atoms with Gasteiger partial charge in [0.15, 0.2) is 5.75 Å². The van der Waals surface area contributed by atoms with Gasteiger partial charge in [-0.15, -0.1) is 0 Å². The van der Waals surface area contributed by atoms with E-state index in [9.17, 15) is 14.4 Å². The second-order valence-electron chi connectivity index (χ2n) is 6.46. The summed E-state index contributed by atoms with van der Waals surface area (Å²) in [5, 5.41) is 2.85. The molecular formula is C18H28N4O4. The Bertz CT molecular complexity index is 693. The molecule has 26 heavy (non-hydrogen) atoms. The zero-order chi connectivity index (χ0) is 19.1. The number of carbonyl (C=O) groups excluding carboxylic acids is 2.